The fourth-order valence-corrected chi connectivity index (χ4v) is 3.89. The molecule has 0 aliphatic carbocycles. The van der Waals surface area contributed by atoms with Crippen molar-refractivity contribution in [2.24, 2.45) is 0 Å². The van der Waals surface area contributed by atoms with E-state index in [-0.39, 0.29) is 24.9 Å². The molecule has 3 rings (SSSR count). The summed E-state index contributed by atoms with van der Waals surface area (Å²) in [6.45, 7) is 7.57. The lowest BCUT2D eigenvalue weighted by Crippen LogP contribution is -2.32. The Morgan fingerprint density at radius 2 is 1.64 bits per heavy atom. The van der Waals surface area contributed by atoms with Crippen LogP contribution in [0.15, 0.2) is 48.7 Å². The number of nitrogens with zero attached hydrogens (tertiary/aromatic N) is 2. The summed E-state index contributed by atoms with van der Waals surface area (Å²) < 4.78 is 16.3. The monoisotopic (exact) mass is 493 g/mol. The van der Waals surface area contributed by atoms with E-state index in [1.54, 1.807) is 53.1 Å². The predicted molar refractivity (Wildman–Crippen MR) is 139 cm³/mol. The zero-order valence-corrected chi connectivity index (χ0v) is 22.0. The van der Waals surface area contributed by atoms with Crippen LogP contribution in [-0.2, 0) is 22.5 Å². The molecule has 0 aliphatic rings. The Morgan fingerprint density at radius 3 is 2.22 bits per heavy atom. The number of pyridine rings is 1. The molecule has 0 fully saturated rings. The summed E-state index contributed by atoms with van der Waals surface area (Å²) in [5.41, 5.74) is 1.83. The molecule has 2 amide bonds. The highest BCUT2D eigenvalue weighted by Gasteiger charge is 2.21. The van der Waals surface area contributed by atoms with Gasteiger partial charge in [0, 0.05) is 18.6 Å². The van der Waals surface area contributed by atoms with Crippen LogP contribution < -0.4 is 14.8 Å². The molecular formula is C28H35N3O5. The first-order valence-electron chi connectivity index (χ1n) is 11.8. The maximum absolute atomic E-state index is 13.2. The van der Waals surface area contributed by atoms with Crippen molar-refractivity contribution in [1.82, 2.24) is 15.2 Å². The third-order valence-corrected chi connectivity index (χ3v) is 5.95. The number of hydrogen-bond acceptors (Lipinski definition) is 6. The molecule has 1 atom stereocenters. The molecule has 1 aromatic heterocycles. The van der Waals surface area contributed by atoms with E-state index in [1.165, 1.54) is 0 Å². The first kappa shape index (κ1) is 26.8. The van der Waals surface area contributed by atoms with Crippen LogP contribution in [0.5, 0.6) is 11.5 Å². The van der Waals surface area contributed by atoms with Crippen molar-refractivity contribution in [3.05, 3.63) is 65.5 Å². The van der Waals surface area contributed by atoms with Gasteiger partial charge in [-0.3, -0.25) is 9.78 Å². The van der Waals surface area contributed by atoms with Gasteiger partial charge in [-0.05, 0) is 56.3 Å². The van der Waals surface area contributed by atoms with E-state index in [2.05, 4.69) is 10.3 Å². The number of fused-ring (bicyclic) bond motifs is 1. The number of amides is 2. The topological polar surface area (TPSA) is 90.0 Å². The Balaban J connectivity index is 1.92. The molecule has 8 nitrogen and oxygen atoms in total. The molecular weight excluding hydrogens is 458 g/mol. The second kappa shape index (κ2) is 11.3. The highest BCUT2D eigenvalue weighted by molar-refractivity contribution is 5.93. The fourth-order valence-electron chi connectivity index (χ4n) is 3.89. The van der Waals surface area contributed by atoms with Gasteiger partial charge in [0.2, 0.25) is 5.91 Å². The van der Waals surface area contributed by atoms with Crippen LogP contribution in [0.3, 0.4) is 0 Å². The van der Waals surface area contributed by atoms with Gasteiger partial charge in [-0.15, -0.1) is 0 Å². The van der Waals surface area contributed by atoms with Crippen LogP contribution in [0.2, 0.25) is 0 Å². The highest BCUT2D eigenvalue weighted by atomic mass is 16.6. The summed E-state index contributed by atoms with van der Waals surface area (Å²) in [6.07, 6.45) is 1.31. The number of aromatic nitrogens is 1. The Bertz CT molecular complexity index is 1220. The van der Waals surface area contributed by atoms with Gasteiger partial charge < -0.3 is 24.4 Å². The van der Waals surface area contributed by atoms with Gasteiger partial charge >= 0.3 is 6.09 Å². The number of methoxy groups -OCH3 is 2. The van der Waals surface area contributed by atoms with Crippen molar-refractivity contribution in [2.45, 2.75) is 52.3 Å². The summed E-state index contributed by atoms with van der Waals surface area (Å²) in [6, 6.07) is 13.5. The molecule has 0 aliphatic heterocycles. The number of benzene rings is 2. The summed E-state index contributed by atoms with van der Waals surface area (Å²) in [4.78, 5) is 31.8. The number of hydrogen-bond donors (Lipinski definition) is 1. The standard InChI is InChI=1S/C28H35N3O5/c1-18(19-11-9-8-10-12-19)31(5)26(32)13-20-16-29-23(17-30-27(33)36-28(2,3)4)22-15-25(35-7)24(34-6)14-21(20)22/h8-12,14-16,18H,13,17H2,1-7H3,(H,30,33). The number of carbonyl (C=O) groups excluding carboxylic acids is 2. The van der Waals surface area contributed by atoms with E-state index in [0.29, 0.717) is 17.2 Å². The Morgan fingerprint density at radius 1 is 1.03 bits per heavy atom. The molecule has 0 radical (unpaired) electrons. The molecule has 0 saturated carbocycles. The van der Waals surface area contributed by atoms with Crippen LogP contribution in [0, 0.1) is 0 Å². The van der Waals surface area contributed by atoms with Crippen LogP contribution in [0.25, 0.3) is 10.8 Å². The largest absolute Gasteiger partial charge is 0.493 e. The van der Waals surface area contributed by atoms with Gasteiger partial charge in [0.05, 0.1) is 38.9 Å². The summed E-state index contributed by atoms with van der Waals surface area (Å²) >= 11 is 0. The van der Waals surface area contributed by atoms with E-state index in [9.17, 15) is 9.59 Å². The molecule has 3 aromatic rings. The van der Waals surface area contributed by atoms with Gasteiger partial charge in [-0.1, -0.05) is 30.3 Å². The number of ether oxygens (including phenoxy) is 3. The van der Waals surface area contributed by atoms with Gasteiger partial charge in [0.15, 0.2) is 11.5 Å². The summed E-state index contributed by atoms with van der Waals surface area (Å²) in [7, 11) is 4.93. The Kier molecular flexibility index (Phi) is 8.40. The molecule has 192 valence electrons. The average Bonchev–Trinajstić information content (AvgIpc) is 2.85. The molecule has 36 heavy (non-hydrogen) atoms. The van der Waals surface area contributed by atoms with Crippen molar-refractivity contribution in [3.63, 3.8) is 0 Å². The smallest absolute Gasteiger partial charge is 0.407 e. The molecule has 0 spiro atoms. The SMILES string of the molecule is COc1cc2c(CC(=O)N(C)C(C)c3ccccc3)cnc(CNC(=O)OC(C)(C)C)c2cc1OC. The quantitative estimate of drug-likeness (QED) is 0.473. The van der Waals surface area contributed by atoms with Gasteiger partial charge in [-0.2, -0.15) is 0 Å². The van der Waals surface area contributed by atoms with Crippen molar-refractivity contribution >= 4 is 22.8 Å². The van der Waals surface area contributed by atoms with E-state index < -0.39 is 11.7 Å². The van der Waals surface area contributed by atoms with Crippen molar-refractivity contribution in [3.8, 4) is 11.5 Å². The van der Waals surface area contributed by atoms with Crippen molar-refractivity contribution in [2.75, 3.05) is 21.3 Å². The first-order valence-corrected chi connectivity index (χ1v) is 11.8. The second-order valence-electron chi connectivity index (χ2n) is 9.61. The zero-order valence-electron chi connectivity index (χ0n) is 22.0. The Hall–Kier alpha value is -3.81. The minimum absolute atomic E-state index is 0.0381. The number of nitrogens with one attached hydrogen (secondary N) is 1. The Labute approximate surface area is 212 Å². The van der Waals surface area contributed by atoms with Gasteiger partial charge in [0.1, 0.15) is 5.60 Å². The van der Waals surface area contributed by atoms with Crippen molar-refractivity contribution in [1.29, 1.82) is 0 Å². The number of alkyl carbamates (subject to hydrolysis) is 1. The number of likely N-dealkylation sites (N-methyl/N-ethyl adjacent to an activating group) is 1. The van der Waals surface area contributed by atoms with Gasteiger partial charge in [-0.25, -0.2) is 4.79 Å². The lowest BCUT2D eigenvalue weighted by molar-refractivity contribution is -0.131. The van der Waals surface area contributed by atoms with Crippen LogP contribution in [0.1, 0.15) is 50.6 Å². The third kappa shape index (κ3) is 6.44. The predicted octanol–water partition coefficient (Wildman–Crippen LogP) is 5.04. The lowest BCUT2D eigenvalue weighted by atomic mass is 10.0. The van der Waals surface area contributed by atoms with Crippen LogP contribution in [-0.4, -0.2) is 48.8 Å². The maximum Gasteiger partial charge on any atom is 0.407 e. The van der Waals surface area contributed by atoms with Crippen LogP contribution >= 0.6 is 0 Å². The fraction of sp³-hybridized carbons (Fsp3) is 0.393. The molecule has 0 saturated heterocycles. The highest BCUT2D eigenvalue weighted by Crippen LogP contribution is 2.35. The van der Waals surface area contributed by atoms with Crippen LogP contribution in [0.4, 0.5) is 4.79 Å². The maximum atomic E-state index is 13.2. The van der Waals surface area contributed by atoms with E-state index >= 15 is 0 Å². The zero-order chi connectivity index (χ0) is 26.5. The van der Waals surface area contributed by atoms with E-state index in [0.717, 1.165) is 21.9 Å². The second-order valence-corrected chi connectivity index (χ2v) is 9.61. The molecule has 1 N–H and O–H groups in total. The average molecular weight is 494 g/mol. The normalized spacial score (nSPS) is 12.1. The van der Waals surface area contributed by atoms with Crippen molar-refractivity contribution < 1.29 is 23.8 Å². The number of carbonyl (C=O) groups is 2. The third-order valence-electron chi connectivity index (χ3n) is 5.95. The minimum atomic E-state index is -0.608. The molecule has 0 bridgehead atoms. The first-order chi connectivity index (χ1) is 17.0. The van der Waals surface area contributed by atoms with E-state index in [1.807, 2.05) is 49.4 Å². The van der Waals surface area contributed by atoms with E-state index in [4.69, 9.17) is 14.2 Å². The molecule has 8 heteroatoms. The molecule has 1 heterocycles. The lowest BCUT2D eigenvalue weighted by Gasteiger charge is -2.26. The molecule has 2 aromatic carbocycles. The number of rotatable bonds is 8. The minimum Gasteiger partial charge on any atom is -0.493 e. The van der Waals surface area contributed by atoms with Gasteiger partial charge in [0.25, 0.3) is 0 Å². The summed E-state index contributed by atoms with van der Waals surface area (Å²) in [5.74, 6) is 1.04. The summed E-state index contributed by atoms with van der Waals surface area (Å²) in [5, 5.41) is 4.32. The molecule has 1 unspecified atom stereocenters.